The van der Waals surface area contributed by atoms with Crippen LogP contribution in [0.15, 0.2) is 0 Å². The van der Waals surface area contributed by atoms with Gasteiger partial charge in [0.1, 0.15) is 0 Å². The summed E-state index contributed by atoms with van der Waals surface area (Å²) in [7, 11) is 0. The van der Waals surface area contributed by atoms with Crippen LogP contribution in [0.5, 0.6) is 0 Å². The lowest BCUT2D eigenvalue weighted by Gasteiger charge is -2.04. The molecule has 0 N–H and O–H groups in total. The molecule has 1 saturated heterocycles. The lowest BCUT2D eigenvalue weighted by atomic mass is 10.1. The Kier molecular flexibility index (Phi) is 0.915. The highest BCUT2D eigenvalue weighted by Gasteiger charge is 2.71. The van der Waals surface area contributed by atoms with Crippen molar-refractivity contribution in [3.05, 3.63) is 0 Å². The normalized spacial score (nSPS) is 48.2. The van der Waals surface area contributed by atoms with Gasteiger partial charge in [0.15, 0.2) is 0 Å². The fraction of sp³-hybridized carbons (Fsp3) is 0.833. The van der Waals surface area contributed by atoms with Crippen molar-refractivity contribution in [2.75, 3.05) is 0 Å². The van der Waals surface area contributed by atoms with E-state index in [9.17, 15) is 9.00 Å². The molecule has 1 aliphatic carbocycles. The lowest BCUT2D eigenvalue weighted by Crippen LogP contribution is -2.11. The Morgan fingerprint density at radius 3 is 2.40 bits per heavy atom. The van der Waals surface area contributed by atoms with Crippen LogP contribution in [0, 0.1) is 11.3 Å². The van der Waals surface area contributed by atoms with E-state index in [0.717, 1.165) is 0 Å². The molecule has 0 radical (unpaired) electrons. The standard InChI is InChI=1S/C6H8O3S/c1-6(2)3-4(6)10(8)9-5(3)7/h3-4H,1-2H3. The average Bonchev–Trinajstić information content (AvgIpc) is 2.17. The van der Waals surface area contributed by atoms with Crippen molar-refractivity contribution in [2.45, 2.75) is 19.1 Å². The van der Waals surface area contributed by atoms with Gasteiger partial charge in [0.05, 0.1) is 11.2 Å². The summed E-state index contributed by atoms with van der Waals surface area (Å²) >= 11 is -1.34. The lowest BCUT2D eigenvalue weighted by molar-refractivity contribution is -0.134. The summed E-state index contributed by atoms with van der Waals surface area (Å²) in [6, 6.07) is 0. The molecule has 1 saturated carbocycles. The van der Waals surface area contributed by atoms with E-state index in [4.69, 9.17) is 0 Å². The first-order chi connectivity index (χ1) is 4.55. The van der Waals surface area contributed by atoms with E-state index in [1.54, 1.807) is 0 Å². The van der Waals surface area contributed by atoms with Crippen molar-refractivity contribution in [1.82, 2.24) is 0 Å². The van der Waals surface area contributed by atoms with Gasteiger partial charge in [-0.2, -0.15) is 0 Å². The van der Waals surface area contributed by atoms with Crippen LogP contribution in [0.1, 0.15) is 13.8 Å². The third-order valence-corrected chi connectivity index (χ3v) is 3.98. The molecule has 2 fully saturated rings. The van der Waals surface area contributed by atoms with E-state index in [2.05, 4.69) is 4.18 Å². The molecular formula is C6H8O3S. The SMILES string of the molecule is CC1(C)C2C(=O)OS(=O)C21. The van der Waals surface area contributed by atoms with E-state index in [0.29, 0.717) is 0 Å². The minimum atomic E-state index is -1.34. The second kappa shape index (κ2) is 1.44. The van der Waals surface area contributed by atoms with Crippen molar-refractivity contribution >= 4 is 17.0 Å². The molecule has 3 unspecified atom stereocenters. The first-order valence-electron chi connectivity index (χ1n) is 3.18. The first kappa shape index (κ1) is 6.34. The maximum Gasteiger partial charge on any atom is 0.325 e. The Morgan fingerprint density at radius 2 is 2.20 bits per heavy atom. The van der Waals surface area contributed by atoms with Crippen molar-refractivity contribution in [3.63, 3.8) is 0 Å². The minimum Gasteiger partial charge on any atom is -0.363 e. The van der Waals surface area contributed by atoms with Crippen LogP contribution in [0.2, 0.25) is 0 Å². The summed E-state index contributed by atoms with van der Waals surface area (Å²) in [5.41, 5.74) is -0.0693. The molecular weight excluding hydrogens is 152 g/mol. The minimum absolute atomic E-state index is 0.0278. The molecule has 0 amide bonds. The maximum absolute atomic E-state index is 10.9. The van der Waals surface area contributed by atoms with Crippen molar-refractivity contribution < 1.29 is 13.2 Å². The van der Waals surface area contributed by atoms with Gasteiger partial charge in [-0.05, 0) is 5.41 Å². The Hall–Kier alpha value is -0.380. The van der Waals surface area contributed by atoms with Gasteiger partial charge in [-0.1, -0.05) is 13.8 Å². The molecule has 1 heterocycles. The summed E-state index contributed by atoms with van der Waals surface area (Å²) in [5, 5.41) is -0.0278. The number of carbonyl (C=O) groups is 1. The topological polar surface area (TPSA) is 43.4 Å². The van der Waals surface area contributed by atoms with Gasteiger partial charge in [0.2, 0.25) is 11.1 Å². The van der Waals surface area contributed by atoms with E-state index in [1.165, 1.54) is 0 Å². The first-order valence-corrected chi connectivity index (χ1v) is 4.31. The number of carbonyl (C=O) groups excluding carboxylic acids is 1. The second-order valence-electron chi connectivity index (χ2n) is 3.38. The predicted octanol–water partition coefficient (Wildman–Crippen LogP) is 0.232. The van der Waals surface area contributed by atoms with E-state index >= 15 is 0 Å². The van der Waals surface area contributed by atoms with Crippen LogP contribution in [-0.2, 0) is 20.1 Å². The summed E-state index contributed by atoms with van der Waals surface area (Å²) in [6.45, 7) is 3.89. The summed E-state index contributed by atoms with van der Waals surface area (Å²) < 4.78 is 15.4. The van der Waals surface area contributed by atoms with E-state index in [1.807, 2.05) is 13.8 Å². The quantitative estimate of drug-likeness (QED) is 0.509. The van der Waals surface area contributed by atoms with E-state index < -0.39 is 11.1 Å². The summed E-state index contributed by atoms with van der Waals surface area (Å²) in [6.07, 6.45) is 0. The third kappa shape index (κ3) is 0.509. The molecule has 0 aromatic rings. The van der Waals surface area contributed by atoms with Gasteiger partial charge in [-0.15, -0.1) is 0 Å². The Bertz CT molecular complexity index is 211. The smallest absolute Gasteiger partial charge is 0.325 e. The largest absolute Gasteiger partial charge is 0.363 e. The van der Waals surface area contributed by atoms with Crippen molar-refractivity contribution in [1.29, 1.82) is 0 Å². The Balaban J connectivity index is 2.34. The summed E-state index contributed by atoms with van der Waals surface area (Å²) in [5.74, 6) is -0.373. The van der Waals surface area contributed by atoms with Crippen molar-refractivity contribution in [2.24, 2.45) is 11.3 Å². The highest BCUT2D eigenvalue weighted by Crippen LogP contribution is 2.59. The monoisotopic (exact) mass is 160 g/mol. The Morgan fingerprint density at radius 1 is 1.60 bits per heavy atom. The average molecular weight is 160 g/mol. The number of hydrogen-bond donors (Lipinski definition) is 0. The predicted molar refractivity (Wildman–Crippen MR) is 35.3 cm³/mol. The zero-order valence-corrected chi connectivity index (χ0v) is 6.60. The molecule has 2 rings (SSSR count). The van der Waals surface area contributed by atoms with E-state index in [-0.39, 0.29) is 22.6 Å². The number of rotatable bonds is 0. The molecule has 3 atom stereocenters. The Labute approximate surface area is 61.4 Å². The van der Waals surface area contributed by atoms with Crippen LogP contribution in [-0.4, -0.2) is 15.4 Å². The zero-order chi connectivity index (χ0) is 7.52. The van der Waals surface area contributed by atoms with Gasteiger partial charge < -0.3 is 4.18 Å². The molecule has 56 valence electrons. The molecule has 0 spiro atoms. The fourth-order valence-electron chi connectivity index (χ4n) is 1.56. The fourth-order valence-corrected chi connectivity index (χ4v) is 3.18. The van der Waals surface area contributed by atoms with Gasteiger partial charge in [-0.3, -0.25) is 4.79 Å². The van der Waals surface area contributed by atoms with Crippen LogP contribution in [0.3, 0.4) is 0 Å². The number of hydrogen-bond acceptors (Lipinski definition) is 3. The van der Waals surface area contributed by atoms with Crippen LogP contribution in [0.4, 0.5) is 0 Å². The third-order valence-electron chi connectivity index (χ3n) is 2.35. The van der Waals surface area contributed by atoms with Gasteiger partial charge >= 0.3 is 5.97 Å². The molecule has 0 aromatic carbocycles. The molecule has 10 heavy (non-hydrogen) atoms. The highest BCUT2D eigenvalue weighted by atomic mass is 32.2. The highest BCUT2D eigenvalue weighted by molar-refractivity contribution is 7.82. The van der Waals surface area contributed by atoms with Crippen LogP contribution >= 0.6 is 0 Å². The van der Waals surface area contributed by atoms with Gasteiger partial charge in [0, 0.05) is 0 Å². The molecule has 3 nitrogen and oxygen atoms in total. The summed E-state index contributed by atoms with van der Waals surface area (Å²) in [4.78, 5) is 10.8. The molecule has 4 heteroatoms. The second-order valence-corrected chi connectivity index (χ2v) is 4.58. The van der Waals surface area contributed by atoms with Gasteiger partial charge in [-0.25, -0.2) is 4.21 Å². The van der Waals surface area contributed by atoms with Crippen molar-refractivity contribution in [3.8, 4) is 0 Å². The van der Waals surface area contributed by atoms with Crippen LogP contribution < -0.4 is 0 Å². The molecule has 2 aliphatic rings. The molecule has 0 bridgehead atoms. The zero-order valence-electron chi connectivity index (χ0n) is 5.79. The van der Waals surface area contributed by atoms with Crippen LogP contribution in [0.25, 0.3) is 0 Å². The maximum atomic E-state index is 10.9. The molecule has 0 aromatic heterocycles. The molecule has 1 aliphatic heterocycles. The number of fused-ring (bicyclic) bond motifs is 1. The van der Waals surface area contributed by atoms with Gasteiger partial charge in [0.25, 0.3) is 0 Å².